The Morgan fingerprint density at radius 1 is 1.33 bits per heavy atom. The van der Waals surface area contributed by atoms with Gasteiger partial charge in [0.25, 0.3) is 0 Å². The first-order chi connectivity index (χ1) is 11.3. The van der Waals surface area contributed by atoms with Crippen molar-refractivity contribution in [3.63, 3.8) is 0 Å². The molecule has 1 amide bonds. The molecule has 4 nitrogen and oxygen atoms in total. The van der Waals surface area contributed by atoms with Crippen LogP contribution in [0.15, 0.2) is 35.0 Å². The Balaban J connectivity index is 1.87. The highest BCUT2D eigenvalue weighted by atomic mass is 35.5. The fraction of sp³-hybridized carbons (Fsp3) is 0.421. The van der Waals surface area contributed by atoms with E-state index in [1.54, 1.807) is 11.2 Å². The van der Waals surface area contributed by atoms with Gasteiger partial charge in [-0.15, -0.1) is 0 Å². The molecule has 0 radical (unpaired) electrons. The van der Waals surface area contributed by atoms with Crippen LogP contribution in [0.25, 0.3) is 16.5 Å². The lowest BCUT2D eigenvalue weighted by Gasteiger charge is -2.34. The van der Waals surface area contributed by atoms with E-state index in [2.05, 4.69) is 6.08 Å². The largest absolute Gasteiger partial charge is 0.464 e. The van der Waals surface area contributed by atoms with Crippen LogP contribution in [0.4, 0.5) is 4.79 Å². The van der Waals surface area contributed by atoms with Crippen LogP contribution in [0.5, 0.6) is 0 Å². The number of hydrogen-bond donors (Lipinski definition) is 0. The molecule has 0 fully saturated rings. The number of carbonyl (C=O) groups excluding carboxylic acids is 1. The van der Waals surface area contributed by atoms with Crippen molar-refractivity contribution in [3.05, 3.63) is 41.1 Å². The number of benzene rings is 1. The summed E-state index contributed by atoms with van der Waals surface area (Å²) < 4.78 is 11.1. The Labute approximate surface area is 147 Å². The third-order valence-electron chi connectivity index (χ3n) is 4.09. The maximum Gasteiger partial charge on any atom is 0.410 e. The molecule has 0 saturated carbocycles. The molecule has 1 aliphatic heterocycles. The van der Waals surface area contributed by atoms with E-state index in [-0.39, 0.29) is 12.1 Å². The summed E-state index contributed by atoms with van der Waals surface area (Å²) in [6, 6.07) is 5.71. The van der Waals surface area contributed by atoms with Crippen LogP contribution in [0.2, 0.25) is 5.02 Å². The van der Waals surface area contributed by atoms with Crippen molar-refractivity contribution in [1.29, 1.82) is 0 Å². The molecule has 3 rings (SSSR count). The molecule has 24 heavy (non-hydrogen) atoms. The van der Waals surface area contributed by atoms with Crippen molar-refractivity contribution in [2.45, 2.75) is 45.8 Å². The Hall–Kier alpha value is -1.94. The van der Waals surface area contributed by atoms with Crippen molar-refractivity contribution in [1.82, 2.24) is 4.90 Å². The van der Waals surface area contributed by atoms with Gasteiger partial charge in [-0.2, -0.15) is 0 Å². The number of fused-ring (bicyclic) bond motifs is 1. The second-order valence-corrected chi connectivity index (χ2v) is 7.52. The van der Waals surface area contributed by atoms with Crippen LogP contribution in [0.3, 0.4) is 0 Å². The summed E-state index contributed by atoms with van der Waals surface area (Å²) in [4.78, 5) is 14.1. The first-order valence-electron chi connectivity index (χ1n) is 8.12. The number of rotatable bonds is 1. The van der Waals surface area contributed by atoms with Gasteiger partial charge >= 0.3 is 6.09 Å². The predicted molar refractivity (Wildman–Crippen MR) is 96.2 cm³/mol. The number of carbonyl (C=O) groups is 1. The minimum atomic E-state index is -0.489. The molecule has 1 aromatic heterocycles. The highest BCUT2D eigenvalue weighted by molar-refractivity contribution is 6.35. The lowest BCUT2D eigenvalue weighted by atomic mass is 9.95. The number of nitrogens with zero attached hydrogens (tertiary/aromatic N) is 1. The molecule has 1 unspecified atom stereocenters. The molecule has 0 saturated heterocycles. The summed E-state index contributed by atoms with van der Waals surface area (Å²) in [5.74, 6) is 0. The standard InChI is InChI=1S/C19H22ClNO3/c1-12-11-13(7-9-21(12)18(22)24-19(2,3)4)14-5-6-16(20)15-8-10-23-17(14)15/h5-6,8,10-12H,7,9H2,1-4H3. The normalized spacial score (nSPS) is 18.6. The molecule has 5 heteroatoms. The Bertz CT molecular complexity index is 801. The Morgan fingerprint density at radius 2 is 2.08 bits per heavy atom. The van der Waals surface area contributed by atoms with Crippen LogP contribution in [-0.2, 0) is 4.74 Å². The van der Waals surface area contributed by atoms with E-state index in [1.165, 1.54) is 5.57 Å². The van der Waals surface area contributed by atoms with Gasteiger partial charge < -0.3 is 14.1 Å². The summed E-state index contributed by atoms with van der Waals surface area (Å²) in [7, 11) is 0. The molecule has 1 aliphatic rings. The van der Waals surface area contributed by atoms with Crippen molar-refractivity contribution in [2.24, 2.45) is 0 Å². The third kappa shape index (κ3) is 3.29. The summed E-state index contributed by atoms with van der Waals surface area (Å²) in [6.07, 6.45) is 4.23. The molecule has 2 aromatic rings. The average Bonchev–Trinajstić information content (AvgIpc) is 2.96. The topological polar surface area (TPSA) is 42.7 Å². The van der Waals surface area contributed by atoms with Crippen molar-refractivity contribution in [2.75, 3.05) is 6.54 Å². The second-order valence-electron chi connectivity index (χ2n) is 7.11. The van der Waals surface area contributed by atoms with Gasteiger partial charge in [0.15, 0.2) is 0 Å². The van der Waals surface area contributed by atoms with Gasteiger partial charge in [0.2, 0.25) is 0 Å². The zero-order valence-electron chi connectivity index (χ0n) is 14.4. The maximum atomic E-state index is 12.3. The van der Waals surface area contributed by atoms with Crippen molar-refractivity contribution >= 4 is 34.2 Å². The third-order valence-corrected chi connectivity index (χ3v) is 4.42. The molecule has 0 bridgehead atoms. The molecule has 0 aliphatic carbocycles. The van der Waals surface area contributed by atoms with Crippen LogP contribution in [0, 0.1) is 0 Å². The summed E-state index contributed by atoms with van der Waals surface area (Å²) in [5, 5.41) is 1.60. The summed E-state index contributed by atoms with van der Waals surface area (Å²) in [5.41, 5.74) is 2.51. The van der Waals surface area contributed by atoms with Gasteiger partial charge in [0.05, 0.1) is 17.3 Å². The Morgan fingerprint density at radius 3 is 2.75 bits per heavy atom. The number of hydrogen-bond acceptors (Lipinski definition) is 3. The first kappa shape index (κ1) is 16.9. The van der Waals surface area contributed by atoms with Gasteiger partial charge in [-0.3, -0.25) is 0 Å². The molecular weight excluding hydrogens is 326 g/mol. The molecule has 1 aromatic carbocycles. The highest BCUT2D eigenvalue weighted by Gasteiger charge is 2.28. The maximum absolute atomic E-state index is 12.3. The van der Waals surface area contributed by atoms with Gasteiger partial charge in [-0.05, 0) is 57.9 Å². The lowest BCUT2D eigenvalue weighted by molar-refractivity contribution is 0.0209. The van der Waals surface area contributed by atoms with Gasteiger partial charge in [-0.1, -0.05) is 17.7 Å². The van der Waals surface area contributed by atoms with Crippen molar-refractivity contribution < 1.29 is 13.9 Å². The van der Waals surface area contributed by atoms with E-state index in [4.69, 9.17) is 20.8 Å². The quantitative estimate of drug-likeness (QED) is 0.684. The molecule has 128 valence electrons. The SMILES string of the molecule is CC1C=C(c2ccc(Cl)c3ccoc23)CCN1C(=O)OC(C)(C)C. The molecule has 0 N–H and O–H groups in total. The average molecular weight is 348 g/mol. The number of halogens is 1. The van der Waals surface area contributed by atoms with Crippen LogP contribution < -0.4 is 0 Å². The Kier molecular flexibility index (Phi) is 4.35. The zero-order chi connectivity index (χ0) is 17.5. The fourth-order valence-electron chi connectivity index (χ4n) is 2.99. The summed E-state index contributed by atoms with van der Waals surface area (Å²) in [6.45, 7) is 8.25. The first-order valence-corrected chi connectivity index (χ1v) is 8.50. The van der Waals surface area contributed by atoms with Crippen LogP contribution >= 0.6 is 11.6 Å². The summed E-state index contributed by atoms with van der Waals surface area (Å²) >= 11 is 6.22. The minimum absolute atomic E-state index is 0.0377. The number of amides is 1. The molecule has 1 atom stereocenters. The molecule has 2 heterocycles. The number of ether oxygens (including phenoxy) is 1. The van der Waals surface area contributed by atoms with Crippen LogP contribution in [0.1, 0.15) is 39.7 Å². The van der Waals surface area contributed by atoms with E-state index in [0.29, 0.717) is 11.6 Å². The molecule has 0 spiro atoms. The van der Waals surface area contributed by atoms with Crippen molar-refractivity contribution in [3.8, 4) is 0 Å². The van der Waals surface area contributed by atoms with Crippen LogP contribution in [-0.4, -0.2) is 29.2 Å². The second kappa shape index (κ2) is 6.17. The highest BCUT2D eigenvalue weighted by Crippen LogP contribution is 2.35. The van der Waals surface area contributed by atoms with E-state index in [9.17, 15) is 4.79 Å². The number of furan rings is 1. The van der Waals surface area contributed by atoms with Gasteiger partial charge in [0, 0.05) is 17.5 Å². The smallest absolute Gasteiger partial charge is 0.410 e. The zero-order valence-corrected chi connectivity index (χ0v) is 15.2. The van der Waals surface area contributed by atoms with E-state index in [0.717, 1.165) is 23.0 Å². The van der Waals surface area contributed by atoms with Gasteiger partial charge in [-0.25, -0.2) is 4.79 Å². The van der Waals surface area contributed by atoms with Gasteiger partial charge in [0.1, 0.15) is 11.2 Å². The predicted octanol–water partition coefficient (Wildman–Crippen LogP) is 5.50. The monoisotopic (exact) mass is 347 g/mol. The van der Waals surface area contributed by atoms with E-state index < -0.39 is 5.60 Å². The van der Waals surface area contributed by atoms with E-state index in [1.807, 2.05) is 45.9 Å². The molecular formula is C19H22ClNO3. The van der Waals surface area contributed by atoms with E-state index >= 15 is 0 Å². The minimum Gasteiger partial charge on any atom is -0.464 e. The lowest BCUT2D eigenvalue weighted by Crippen LogP contribution is -2.43. The fourth-order valence-corrected chi connectivity index (χ4v) is 3.20.